The van der Waals surface area contributed by atoms with Crippen LogP contribution in [0.4, 0.5) is 0 Å². The van der Waals surface area contributed by atoms with Crippen LogP contribution in [-0.4, -0.2) is 108 Å². The first kappa shape index (κ1) is 27.9. The molecule has 190 valence electrons. The molecule has 0 aromatic rings. The van der Waals surface area contributed by atoms with Crippen LogP contribution in [0.1, 0.15) is 33.1 Å². The Hall–Kier alpha value is -1.33. The number of aliphatic carboxylic acids is 1. The van der Waals surface area contributed by atoms with E-state index in [0.717, 1.165) is 4.31 Å². The van der Waals surface area contributed by atoms with Crippen molar-refractivity contribution in [1.82, 2.24) is 13.9 Å². The number of carbonyl (C=O) groups is 2. The Morgan fingerprint density at radius 1 is 1.36 bits per heavy atom. The van der Waals surface area contributed by atoms with Gasteiger partial charge in [-0.3, -0.25) is 9.59 Å². The summed E-state index contributed by atoms with van der Waals surface area (Å²) in [5.41, 5.74) is 9.97. The first-order valence-electron chi connectivity index (χ1n) is 11.1. The van der Waals surface area contributed by atoms with Gasteiger partial charge in [0.2, 0.25) is 5.91 Å². The molecule has 2 rings (SSSR count). The van der Waals surface area contributed by atoms with Crippen molar-refractivity contribution < 1.29 is 37.9 Å². The molecule has 0 aliphatic carbocycles. The van der Waals surface area contributed by atoms with Gasteiger partial charge >= 0.3 is 13.1 Å². The lowest BCUT2D eigenvalue weighted by molar-refractivity contribution is -0.144. The molecule has 0 aromatic carbocycles. The Labute approximate surface area is 194 Å². The van der Waals surface area contributed by atoms with Crippen molar-refractivity contribution in [2.45, 2.75) is 63.1 Å². The predicted octanol–water partition coefficient (Wildman–Crippen LogP) is -2.86. The van der Waals surface area contributed by atoms with Gasteiger partial charge < -0.3 is 36.7 Å². The lowest BCUT2D eigenvalue weighted by atomic mass is 9.78. The van der Waals surface area contributed by atoms with Gasteiger partial charge in [-0.25, -0.2) is 0 Å². The van der Waals surface area contributed by atoms with Crippen LogP contribution in [0.3, 0.4) is 0 Å². The van der Waals surface area contributed by atoms with E-state index < -0.39 is 65.3 Å². The Bertz CT molecular complexity index is 801. The van der Waals surface area contributed by atoms with Crippen LogP contribution in [0.5, 0.6) is 0 Å². The number of carboxylic acid groups (broad SMARTS) is 1. The van der Waals surface area contributed by atoms with E-state index in [1.807, 2.05) is 6.92 Å². The number of amides is 1. The fraction of sp³-hybridized carbons (Fsp3) is 0.889. The van der Waals surface area contributed by atoms with Crippen LogP contribution in [0.25, 0.3) is 0 Å². The smallest absolute Gasteiger partial charge is 0.451 e. The topological polar surface area (TPSA) is 209 Å². The van der Waals surface area contributed by atoms with Crippen molar-refractivity contribution >= 4 is 29.2 Å². The molecule has 0 bridgehead atoms. The highest BCUT2D eigenvalue weighted by atomic mass is 32.2. The number of nitrogens with one attached hydrogen (secondary N) is 1. The summed E-state index contributed by atoms with van der Waals surface area (Å²) in [7, 11) is -5.69. The second kappa shape index (κ2) is 11.4. The van der Waals surface area contributed by atoms with E-state index in [1.54, 1.807) is 0 Å². The van der Waals surface area contributed by atoms with Crippen molar-refractivity contribution in [3.63, 3.8) is 0 Å². The van der Waals surface area contributed by atoms with Crippen LogP contribution in [0, 0.1) is 5.92 Å². The van der Waals surface area contributed by atoms with Crippen LogP contribution < -0.4 is 16.8 Å². The molecule has 33 heavy (non-hydrogen) atoms. The molecule has 1 amide bonds. The molecule has 13 nitrogen and oxygen atoms in total. The molecule has 0 unspecified atom stereocenters. The average molecular weight is 493 g/mol. The van der Waals surface area contributed by atoms with Crippen LogP contribution >= 0.6 is 0 Å². The van der Waals surface area contributed by atoms with Gasteiger partial charge in [0.1, 0.15) is 5.54 Å². The largest absolute Gasteiger partial charge is 0.480 e. The van der Waals surface area contributed by atoms with Crippen LogP contribution in [0.2, 0.25) is 6.32 Å². The average Bonchev–Trinajstić information content (AvgIpc) is 3.31. The molecule has 2 heterocycles. The molecular formula is C18H36BN5O8S. The number of rotatable bonds is 12. The highest BCUT2D eigenvalue weighted by Crippen LogP contribution is 2.34. The van der Waals surface area contributed by atoms with Crippen molar-refractivity contribution in [2.24, 2.45) is 17.4 Å². The fourth-order valence-electron chi connectivity index (χ4n) is 4.31. The van der Waals surface area contributed by atoms with Gasteiger partial charge in [-0.15, -0.1) is 0 Å². The Kier molecular flexibility index (Phi) is 9.64. The maximum absolute atomic E-state index is 13.6. The first-order chi connectivity index (χ1) is 15.3. The summed E-state index contributed by atoms with van der Waals surface area (Å²) in [6.45, 7) is 3.14. The quantitative estimate of drug-likeness (QED) is 0.153. The summed E-state index contributed by atoms with van der Waals surface area (Å²) < 4.78 is 35.1. The number of nitrogens with zero attached hydrogens (tertiary/aromatic N) is 2. The normalized spacial score (nSPS) is 29.4. The molecule has 2 aliphatic heterocycles. The minimum absolute atomic E-state index is 0.0290. The van der Waals surface area contributed by atoms with Gasteiger partial charge in [0, 0.05) is 25.6 Å². The first-order valence-corrected chi connectivity index (χ1v) is 12.5. The lowest BCUT2D eigenvalue weighted by Crippen LogP contribution is -2.59. The molecule has 0 radical (unpaired) electrons. The molecule has 0 spiro atoms. The Balaban J connectivity index is 2.26. The standard InChI is InChI=1S/C18H36BN5O8S/c1-3-7-24(15-10-32-9-14(15)22-16(25)12(2)20)33(30,31)23-8-13(5-4-6-19(28)29)18(21,11-23)17(26)27/h12-15,28-29H,3-11,20-21H2,1-2H3,(H,22,25)(H,26,27)/t12-,13-,14-,15-,18-/m0/s1. The van der Waals surface area contributed by atoms with Crippen LogP contribution in [0.15, 0.2) is 0 Å². The Morgan fingerprint density at radius 2 is 2.03 bits per heavy atom. The fourth-order valence-corrected chi connectivity index (χ4v) is 6.31. The van der Waals surface area contributed by atoms with Crippen molar-refractivity contribution in [2.75, 3.05) is 32.8 Å². The second-order valence-electron chi connectivity index (χ2n) is 8.87. The highest BCUT2D eigenvalue weighted by Gasteiger charge is 2.54. The van der Waals surface area contributed by atoms with E-state index in [9.17, 15) is 23.1 Å². The van der Waals surface area contributed by atoms with Crippen molar-refractivity contribution in [1.29, 1.82) is 0 Å². The SMILES string of the molecule is CCCN([C@H]1COC[C@@H]1NC(=O)[C@H](C)N)S(=O)(=O)N1C[C@H](CCCB(O)O)[C@](N)(C(=O)O)C1. The molecule has 0 aromatic heterocycles. The van der Waals surface area contributed by atoms with Gasteiger partial charge in [-0.05, 0) is 26.1 Å². The molecule has 8 N–H and O–H groups in total. The third-order valence-corrected chi connectivity index (χ3v) is 8.21. The van der Waals surface area contributed by atoms with Gasteiger partial charge in [0.05, 0.1) is 31.3 Å². The molecule has 0 saturated carbocycles. The number of hydrogen-bond acceptors (Lipinski definition) is 9. The number of carbonyl (C=O) groups excluding carboxylic acids is 1. The van der Waals surface area contributed by atoms with E-state index in [0.29, 0.717) is 6.42 Å². The molecular weight excluding hydrogens is 457 g/mol. The van der Waals surface area contributed by atoms with Crippen LogP contribution in [-0.2, 0) is 24.5 Å². The maximum Gasteiger partial charge on any atom is 0.451 e. The molecule has 5 atom stereocenters. The van der Waals surface area contributed by atoms with E-state index in [-0.39, 0.29) is 45.5 Å². The zero-order valence-corrected chi connectivity index (χ0v) is 19.9. The Morgan fingerprint density at radius 3 is 2.58 bits per heavy atom. The summed E-state index contributed by atoms with van der Waals surface area (Å²) in [4.78, 5) is 24.0. The van der Waals surface area contributed by atoms with E-state index >= 15 is 0 Å². The molecule has 2 fully saturated rings. The monoisotopic (exact) mass is 493 g/mol. The zero-order valence-electron chi connectivity index (χ0n) is 19.1. The predicted molar refractivity (Wildman–Crippen MR) is 120 cm³/mol. The summed E-state index contributed by atoms with van der Waals surface area (Å²) in [5.74, 6) is -2.45. The van der Waals surface area contributed by atoms with Gasteiger partial charge in [0.25, 0.3) is 10.2 Å². The number of hydrogen-bond donors (Lipinski definition) is 6. The lowest BCUT2D eigenvalue weighted by Gasteiger charge is -2.34. The highest BCUT2D eigenvalue weighted by molar-refractivity contribution is 7.86. The number of ether oxygens (including phenoxy) is 1. The summed E-state index contributed by atoms with van der Waals surface area (Å²) in [5, 5.41) is 30.6. The number of carboxylic acids is 1. The van der Waals surface area contributed by atoms with Crippen molar-refractivity contribution in [3.8, 4) is 0 Å². The summed E-state index contributed by atoms with van der Waals surface area (Å²) in [6, 6.07) is -2.05. The number of nitrogens with two attached hydrogens (primary N) is 2. The zero-order chi connectivity index (χ0) is 25.0. The molecule has 2 aliphatic rings. The third-order valence-electron chi connectivity index (χ3n) is 6.23. The van der Waals surface area contributed by atoms with E-state index in [2.05, 4.69) is 5.32 Å². The maximum atomic E-state index is 13.6. The van der Waals surface area contributed by atoms with Gasteiger partial charge in [-0.2, -0.15) is 17.0 Å². The molecule has 15 heteroatoms. The second-order valence-corrected chi connectivity index (χ2v) is 10.8. The molecule has 2 saturated heterocycles. The minimum Gasteiger partial charge on any atom is -0.480 e. The van der Waals surface area contributed by atoms with E-state index in [1.165, 1.54) is 11.2 Å². The third kappa shape index (κ3) is 6.42. The van der Waals surface area contributed by atoms with Gasteiger partial charge in [0.15, 0.2) is 0 Å². The van der Waals surface area contributed by atoms with Gasteiger partial charge in [-0.1, -0.05) is 13.3 Å². The minimum atomic E-state index is -4.15. The summed E-state index contributed by atoms with van der Waals surface area (Å²) in [6.07, 6.45) is 1.02. The van der Waals surface area contributed by atoms with E-state index in [4.69, 9.17) is 26.3 Å². The summed E-state index contributed by atoms with van der Waals surface area (Å²) >= 11 is 0. The van der Waals surface area contributed by atoms with Crippen molar-refractivity contribution in [3.05, 3.63) is 0 Å².